The van der Waals surface area contributed by atoms with E-state index < -0.39 is 0 Å². The highest BCUT2D eigenvalue weighted by molar-refractivity contribution is 6.20. The predicted molar refractivity (Wildman–Crippen MR) is 84.7 cm³/mol. The van der Waals surface area contributed by atoms with Crippen molar-refractivity contribution in [1.29, 1.82) is 0 Å². The van der Waals surface area contributed by atoms with Gasteiger partial charge in [-0.1, -0.05) is 53.7 Å². The molecule has 0 fully saturated rings. The fourth-order valence-electron chi connectivity index (χ4n) is 2.32. The maximum atomic E-state index is 6.47. The third-order valence-electron chi connectivity index (χ3n) is 3.44. The Morgan fingerprint density at radius 2 is 1.62 bits per heavy atom. The molecule has 1 atom stereocenters. The van der Waals surface area contributed by atoms with Crippen molar-refractivity contribution in [2.24, 2.45) is 0 Å². The minimum atomic E-state index is 0.00493. The van der Waals surface area contributed by atoms with Crippen molar-refractivity contribution >= 4 is 11.6 Å². The van der Waals surface area contributed by atoms with Crippen molar-refractivity contribution in [3.63, 3.8) is 0 Å². The van der Waals surface area contributed by atoms with Gasteiger partial charge in [0.2, 0.25) is 0 Å². The van der Waals surface area contributed by atoms with Crippen LogP contribution < -0.4 is 0 Å². The zero-order valence-electron chi connectivity index (χ0n) is 11.6. The third-order valence-corrected chi connectivity index (χ3v) is 3.91. The van der Waals surface area contributed by atoms with E-state index in [1.807, 2.05) is 59.4 Å². The van der Waals surface area contributed by atoms with E-state index in [0.29, 0.717) is 0 Å². The van der Waals surface area contributed by atoms with Crippen LogP contribution in [0.25, 0.3) is 5.69 Å². The lowest BCUT2D eigenvalue weighted by atomic mass is 10.1. The number of alkyl halides is 1. The van der Waals surface area contributed by atoms with E-state index in [9.17, 15) is 0 Å². The number of rotatable bonds is 5. The van der Waals surface area contributed by atoms with E-state index in [1.165, 1.54) is 0 Å². The molecule has 0 bridgehead atoms. The summed E-state index contributed by atoms with van der Waals surface area (Å²) in [5, 5.41) is 8.18. The first kappa shape index (κ1) is 13.8. The zero-order chi connectivity index (χ0) is 14.5. The Kier molecular flexibility index (Phi) is 4.31. The van der Waals surface area contributed by atoms with Crippen LogP contribution in [0.1, 0.15) is 23.1 Å². The maximum Gasteiger partial charge on any atom is 0.0729 e. The lowest BCUT2D eigenvalue weighted by Gasteiger charge is -2.10. The van der Waals surface area contributed by atoms with Crippen molar-refractivity contribution < 1.29 is 0 Å². The summed E-state index contributed by atoms with van der Waals surface area (Å²) >= 11 is 6.47. The number of hydrogen-bond acceptors (Lipinski definition) is 2. The van der Waals surface area contributed by atoms with Gasteiger partial charge in [0.1, 0.15) is 0 Å². The molecule has 0 spiro atoms. The number of benzene rings is 2. The van der Waals surface area contributed by atoms with Crippen LogP contribution in [0.2, 0.25) is 0 Å². The lowest BCUT2D eigenvalue weighted by molar-refractivity contribution is 0.715. The summed E-state index contributed by atoms with van der Waals surface area (Å²) < 4.78 is 1.87. The van der Waals surface area contributed by atoms with E-state index in [-0.39, 0.29) is 5.38 Å². The molecule has 21 heavy (non-hydrogen) atoms. The summed E-state index contributed by atoms with van der Waals surface area (Å²) in [6, 6.07) is 20.2. The van der Waals surface area contributed by atoms with Crippen LogP contribution in [0, 0.1) is 0 Å². The van der Waals surface area contributed by atoms with Crippen molar-refractivity contribution in [3.05, 3.63) is 78.1 Å². The molecule has 0 N–H and O–H groups in total. The van der Waals surface area contributed by atoms with Crippen LogP contribution in [0.3, 0.4) is 0 Å². The molecule has 0 aliphatic heterocycles. The Balaban J connectivity index is 1.71. The first-order valence-electron chi connectivity index (χ1n) is 6.98. The van der Waals surface area contributed by atoms with E-state index >= 15 is 0 Å². The zero-order valence-corrected chi connectivity index (χ0v) is 12.3. The van der Waals surface area contributed by atoms with Gasteiger partial charge in [0.15, 0.2) is 0 Å². The fraction of sp³-hybridized carbons (Fsp3) is 0.176. The molecule has 0 aliphatic rings. The van der Waals surface area contributed by atoms with Crippen LogP contribution in [0.15, 0.2) is 66.9 Å². The number of para-hydroxylation sites is 1. The number of aromatic nitrogens is 3. The lowest BCUT2D eigenvalue weighted by Crippen LogP contribution is -2.03. The molecule has 1 aromatic heterocycles. The second-order valence-electron chi connectivity index (χ2n) is 4.89. The molecule has 0 saturated heterocycles. The predicted octanol–water partition coefficient (Wildman–Crippen LogP) is 4.18. The molecule has 1 heterocycles. The van der Waals surface area contributed by atoms with Crippen LogP contribution in [-0.4, -0.2) is 15.0 Å². The summed E-state index contributed by atoms with van der Waals surface area (Å²) in [6.07, 6.45) is 3.50. The molecule has 0 saturated carbocycles. The Bertz CT molecular complexity index is 680. The second kappa shape index (κ2) is 6.55. The molecule has 0 amide bonds. The molecule has 3 aromatic rings. The Morgan fingerprint density at radius 1 is 0.952 bits per heavy atom. The number of nitrogens with zero attached hydrogens (tertiary/aromatic N) is 3. The Morgan fingerprint density at radius 3 is 2.33 bits per heavy atom. The molecule has 0 aliphatic carbocycles. The van der Waals surface area contributed by atoms with Gasteiger partial charge in [-0.2, -0.15) is 0 Å². The maximum absolute atomic E-state index is 6.47. The van der Waals surface area contributed by atoms with Crippen LogP contribution >= 0.6 is 11.6 Å². The topological polar surface area (TPSA) is 30.7 Å². The standard InChI is InChI=1S/C17H16ClN3/c18-17(14-7-3-1-4-8-14)12-11-16-13-19-20-21(16)15-9-5-2-6-10-15/h1-10,13,17H,11-12H2. The molecule has 4 heteroatoms. The smallest absolute Gasteiger partial charge is 0.0729 e. The van der Waals surface area contributed by atoms with E-state index in [0.717, 1.165) is 29.8 Å². The molecular weight excluding hydrogens is 282 g/mol. The number of halogens is 1. The molecule has 1 unspecified atom stereocenters. The average molecular weight is 298 g/mol. The highest BCUT2D eigenvalue weighted by atomic mass is 35.5. The van der Waals surface area contributed by atoms with Crippen molar-refractivity contribution in [2.45, 2.75) is 18.2 Å². The summed E-state index contributed by atoms with van der Waals surface area (Å²) in [7, 11) is 0. The SMILES string of the molecule is ClC(CCc1cnnn1-c1ccccc1)c1ccccc1. The number of hydrogen-bond donors (Lipinski definition) is 0. The van der Waals surface area contributed by atoms with Gasteiger partial charge in [0.25, 0.3) is 0 Å². The van der Waals surface area contributed by atoms with Gasteiger partial charge in [0, 0.05) is 0 Å². The first-order valence-corrected chi connectivity index (χ1v) is 7.42. The largest absolute Gasteiger partial charge is 0.218 e. The quantitative estimate of drug-likeness (QED) is 0.661. The van der Waals surface area contributed by atoms with Gasteiger partial charge in [0.05, 0.1) is 23.0 Å². The number of aryl methyl sites for hydroxylation is 1. The molecular formula is C17H16ClN3. The summed E-state index contributed by atoms with van der Waals surface area (Å²) in [6.45, 7) is 0. The fourth-order valence-corrected chi connectivity index (χ4v) is 2.57. The minimum absolute atomic E-state index is 0.00493. The third kappa shape index (κ3) is 3.31. The highest BCUT2D eigenvalue weighted by Gasteiger charge is 2.11. The summed E-state index contributed by atoms with van der Waals surface area (Å²) in [5.74, 6) is 0. The van der Waals surface area contributed by atoms with Crippen LogP contribution in [0.4, 0.5) is 0 Å². The highest BCUT2D eigenvalue weighted by Crippen LogP contribution is 2.25. The Hall–Kier alpha value is -2.13. The van der Waals surface area contributed by atoms with Gasteiger partial charge in [-0.25, -0.2) is 4.68 Å². The molecule has 3 rings (SSSR count). The van der Waals surface area contributed by atoms with Gasteiger partial charge >= 0.3 is 0 Å². The summed E-state index contributed by atoms with van der Waals surface area (Å²) in [5.41, 5.74) is 3.25. The van der Waals surface area contributed by atoms with Gasteiger partial charge in [-0.05, 0) is 30.5 Å². The molecule has 3 nitrogen and oxygen atoms in total. The van der Waals surface area contributed by atoms with E-state index in [4.69, 9.17) is 11.6 Å². The second-order valence-corrected chi connectivity index (χ2v) is 5.42. The normalized spacial score (nSPS) is 12.2. The average Bonchev–Trinajstić information content (AvgIpc) is 3.03. The molecule has 0 radical (unpaired) electrons. The summed E-state index contributed by atoms with van der Waals surface area (Å²) in [4.78, 5) is 0. The van der Waals surface area contributed by atoms with Crippen LogP contribution in [-0.2, 0) is 6.42 Å². The van der Waals surface area contributed by atoms with Crippen molar-refractivity contribution in [3.8, 4) is 5.69 Å². The van der Waals surface area contributed by atoms with Crippen LogP contribution in [0.5, 0.6) is 0 Å². The van der Waals surface area contributed by atoms with Crippen molar-refractivity contribution in [2.75, 3.05) is 0 Å². The van der Waals surface area contributed by atoms with E-state index in [2.05, 4.69) is 22.4 Å². The van der Waals surface area contributed by atoms with Gasteiger partial charge < -0.3 is 0 Å². The van der Waals surface area contributed by atoms with Gasteiger partial charge in [-0.15, -0.1) is 16.7 Å². The molecule has 106 valence electrons. The monoisotopic (exact) mass is 297 g/mol. The first-order chi connectivity index (χ1) is 10.3. The van der Waals surface area contributed by atoms with Crippen molar-refractivity contribution in [1.82, 2.24) is 15.0 Å². The molecule has 2 aromatic carbocycles. The minimum Gasteiger partial charge on any atom is -0.218 e. The Labute approximate surface area is 129 Å². The van der Waals surface area contributed by atoms with E-state index in [1.54, 1.807) is 0 Å². The van der Waals surface area contributed by atoms with Gasteiger partial charge in [-0.3, -0.25) is 0 Å².